The van der Waals surface area contributed by atoms with Gasteiger partial charge in [0.2, 0.25) is 0 Å². The van der Waals surface area contributed by atoms with Crippen LogP contribution < -0.4 is 5.73 Å². The standard InChI is InChI=1S/C10H13FN5O6P/c11-10-14-7(12)6-8(15-10)16(3-13-6)9-5(17)1-4(22-9)2-21-23(18,19)20/h3-5,9,17H,1-2H2,(H2,12,14,15)(H2,18,19,20)/t4-,5-,9+/m0/s1. The van der Waals surface area contributed by atoms with Crippen molar-refractivity contribution in [1.29, 1.82) is 0 Å². The van der Waals surface area contributed by atoms with E-state index < -0.39 is 38.9 Å². The lowest BCUT2D eigenvalue weighted by atomic mass is 10.2. The van der Waals surface area contributed by atoms with E-state index in [0.29, 0.717) is 0 Å². The van der Waals surface area contributed by atoms with Gasteiger partial charge in [-0.1, -0.05) is 0 Å². The predicted octanol–water partition coefficient (Wildman–Crippen LogP) is -0.695. The number of anilines is 1. The number of phosphoric acid groups is 1. The molecule has 0 radical (unpaired) electrons. The number of aliphatic hydroxyl groups excluding tert-OH is 1. The van der Waals surface area contributed by atoms with E-state index in [1.54, 1.807) is 0 Å². The lowest BCUT2D eigenvalue weighted by molar-refractivity contribution is -0.0482. The number of halogens is 1. The fraction of sp³-hybridized carbons (Fsp3) is 0.500. The highest BCUT2D eigenvalue weighted by Gasteiger charge is 2.37. The van der Waals surface area contributed by atoms with Gasteiger partial charge in [-0.15, -0.1) is 0 Å². The van der Waals surface area contributed by atoms with Crippen LogP contribution in [-0.2, 0) is 13.8 Å². The molecule has 11 nitrogen and oxygen atoms in total. The molecular formula is C10H13FN5O6P. The molecule has 1 fully saturated rings. The van der Waals surface area contributed by atoms with E-state index in [9.17, 15) is 14.1 Å². The molecule has 3 heterocycles. The zero-order valence-electron chi connectivity index (χ0n) is 11.5. The zero-order chi connectivity index (χ0) is 16.8. The van der Waals surface area contributed by atoms with Crippen LogP contribution in [0.3, 0.4) is 0 Å². The summed E-state index contributed by atoms with van der Waals surface area (Å²) < 4.78 is 35.1. The summed E-state index contributed by atoms with van der Waals surface area (Å²) in [5.74, 6) is -0.153. The van der Waals surface area contributed by atoms with Crippen LogP contribution in [0.4, 0.5) is 10.2 Å². The second-order valence-electron chi connectivity index (χ2n) is 4.94. The summed E-state index contributed by atoms with van der Waals surface area (Å²) in [6, 6.07) is 0. The molecule has 3 rings (SSSR count). The first-order chi connectivity index (χ1) is 10.7. The van der Waals surface area contributed by atoms with Gasteiger partial charge in [0.15, 0.2) is 23.2 Å². The average Bonchev–Trinajstić information content (AvgIpc) is 2.99. The number of aromatic nitrogens is 4. The monoisotopic (exact) mass is 349 g/mol. The highest BCUT2D eigenvalue weighted by molar-refractivity contribution is 7.46. The molecule has 0 spiro atoms. The van der Waals surface area contributed by atoms with E-state index in [-0.39, 0.29) is 23.4 Å². The molecule has 23 heavy (non-hydrogen) atoms. The SMILES string of the molecule is Nc1nc(F)nc2c1ncn2[C@@H]1O[C@H](COP(=O)(O)O)C[C@@H]1O. The molecule has 0 aliphatic carbocycles. The summed E-state index contributed by atoms with van der Waals surface area (Å²) in [6.07, 6.45) is -2.49. The van der Waals surface area contributed by atoms with Crippen molar-refractivity contribution >= 4 is 24.8 Å². The lowest BCUT2D eigenvalue weighted by Crippen LogP contribution is -2.19. The van der Waals surface area contributed by atoms with Crippen LogP contribution in [0.1, 0.15) is 12.6 Å². The predicted molar refractivity (Wildman–Crippen MR) is 72.2 cm³/mol. The zero-order valence-corrected chi connectivity index (χ0v) is 12.4. The van der Waals surface area contributed by atoms with Crippen molar-refractivity contribution in [2.24, 2.45) is 0 Å². The minimum Gasteiger partial charge on any atom is -0.388 e. The first-order valence-corrected chi connectivity index (χ1v) is 7.97. The number of nitrogens with zero attached hydrogens (tertiary/aromatic N) is 4. The Bertz CT molecular complexity index is 780. The Morgan fingerprint density at radius 2 is 2.26 bits per heavy atom. The summed E-state index contributed by atoms with van der Waals surface area (Å²) in [6.45, 7) is -0.407. The molecule has 3 atom stereocenters. The minimum absolute atomic E-state index is 0.0376. The Balaban J connectivity index is 1.84. The van der Waals surface area contributed by atoms with Crippen molar-refractivity contribution in [3.63, 3.8) is 0 Å². The Kier molecular flexibility index (Phi) is 4.04. The topological polar surface area (TPSA) is 166 Å². The number of imidazole rings is 1. The van der Waals surface area contributed by atoms with Gasteiger partial charge in [-0.2, -0.15) is 14.4 Å². The molecule has 0 bridgehead atoms. The summed E-state index contributed by atoms with van der Waals surface area (Å²) >= 11 is 0. The van der Waals surface area contributed by atoms with Crippen LogP contribution in [-0.4, -0.2) is 53.2 Å². The normalized spacial score (nSPS) is 25.3. The molecule has 2 aromatic heterocycles. The van der Waals surface area contributed by atoms with Gasteiger partial charge < -0.3 is 25.4 Å². The molecule has 0 amide bonds. The largest absolute Gasteiger partial charge is 0.469 e. The van der Waals surface area contributed by atoms with Crippen LogP contribution in [0.5, 0.6) is 0 Å². The van der Waals surface area contributed by atoms with Gasteiger partial charge in [0.25, 0.3) is 0 Å². The highest BCUT2D eigenvalue weighted by atomic mass is 31.2. The van der Waals surface area contributed by atoms with Crippen molar-refractivity contribution in [3.8, 4) is 0 Å². The Labute approximate surface area is 128 Å². The van der Waals surface area contributed by atoms with Crippen LogP contribution in [0, 0.1) is 6.08 Å². The van der Waals surface area contributed by atoms with Gasteiger partial charge in [0.05, 0.1) is 19.0 Å². The molecule has 5 N–H and O–H groups in total. The average molecular weight is 349 g/mol. The lowest BCUT2D eigenvalue weighted by Gasteiger charge is -2.17. The smallest absolute Gasteiger partial charge is 0.388 e. The Hall–Kier alpha value is -1.69. The summed E-state index contributed by atoms with van der Waals surface area (Å²) in [4.78, 5) is 28.2. The van der Waals surface area contributed by atoms with Crippen molar-refractivity contribution < 1.29 is 33.1 Å². The molecule has 1 aliphatic rings. The Morgan fingerprint density at radius 1 is 1.52 bits per heavy atom. The maximum Gasteiger partial charge on any atom is 0.469 e. The number of ether oxygens (including phenoxy) is 1. The first kappa shape index (κ1) is 16.2. The second kappa shape index (κ2) is 5.74. The molecule has 0 saturated carbocycles. The fourth-order valence-electron chi connectivity index (χ4n) is 2.36. The van der Waals surface area contributed by atoms with E-state index in [4.69, 9.17) is 20.3 Å². The van der Waals surface area contributed by atoms with Crippen LogP contribution >= 0.6 is 7.82 Å². The molecular weight excluding hydrogens is 336 g/mol. The van der Waals surface area contributed by atoms with E-state index >= 15 is 0 Å². The second-order valence-corrected chi connectivity index (χ2v) is 6.18. The Morgan fingerprint density at radius 3 is 2.96 bits per heavy atom. The highest BCUT2D eigenvalue weighted by Crippen LogP contribution is 2.38. The molecule has 0 unspecified atom stereocenters. The van der Waals surface area contributed by atoms with E-state index in [1.807, 2.05) is 0 Å². The fourth-order valence-corrected chi connectivity index (χ4v) is 2.73. The number of hydrogen-bond acceptors (Lipinski definition) is 8. The molecule has 0 aromatic carbocycles. The molecule has 2 aromatic rings. The summed E-state index contributed by atoms with van der Waals surface area (Å²) in [5.41, 5.74) is 5.74. The van der Waals surface area contributed by atoms with Gasteiger partial charge in [0.1, 0.15) is 6.10 Å². The number of nitrogen functional groups attached to an aromatic ring is 1. The van der Waals surface area contributed by atoms with Crippen molar-refractivity contribution in [3.05, 3.63) is 12.4 Å². The van der Waals surface area contributed by atoms with E-state index in [0.717, 1.165) is 0 Å². The van der Waals surface area contributed by atoms with Gasteiger partial charge in [-0.3, -0.25) is 9.09 Å². The van der Waals surface area contributed by atoms with Gasteiger partial charge >= 0.3 is 13.9 Å². The van der Waals surface area contributed by atoms with E-state index in [2.05, 4.69) is 19.5 Å². The number of phosphoric ester groups is 1. The molecule has 126 valence electrons. The number of hydrogen-bond donors (Lipinski definition) is 4. The number of fused-ring (bicyclic) bond motifs is 1. The van der Waals surface area contributed by atoms with Gasteiger partial charge in [-0.25, -0.2) is 9.55 Å². The first-order valence-electron chi connectivity index (χ1n) is 6.44. The summed E-state index contributed by atoms with van der Waals surface area (Å²) in [7, 11) is -4.64. The third-order valence-corrected chi connectivity index (χ3v) is 3.77. The maximum absolute atomic E-state index is 13.3. The molecule has 1 aliphatic heterocycles. The number of aliphatic hydroxyl groups is 1. The third kappa shape index (κ3) is 3.32. The van der Waals surface area contributed by atoms with Gasteiger partial charge in [-0.05, 0) is 0 Å². The van der Waals surface area contributed by atoms with Crippen LogP contribution in [0.15, 0.2) is 6.33 Å². The molecule has 13 heteroatoms. The van der Waals surface area contributed by atoms with E-state index in [1.165, 1.54) is 10.9 Å². The van der Waals surface area contributed by atoms with Gasteiger partial charge in [0, 0.05) is 6.42 Å². The quantitative estimate of drug-likeness (QED) is 0.409. The summed E-state index contributed by atoms with van der Waals surface area (Å²) in [5, 5.41) is 10.1. The maximum atomic E-state index is 13.3. The van der Waals surface area contributed by atoms with Crippen LogP contribution in [0.2, 0.25) is 0 Å². The van der Waals surface area contributed by atoms with Crippen molar-refractivity contribution in [2.75, 3.05) is 12.3 Å². The number of nitrogens with two attached hydrogens (primary N) is 1. The van der Waals surface area contributed by atoms with Crippen molar-refractivity contribution in [2.45, 2.75) is 24.9 Å². The minimum atomic E-state index is -4.64. The molecule has 1 saturated heterocycles. The van der Waals surface area contributed by atoms with Crippen molar-refractivity contribution in [1.82, 2.24) is 19.5 Å². The third-order valence-electron chi connectivity index (χ3n) is 3.29. The van der Waals surface area contributed by atoms with Crippen LogP contribution in [0.25, 0.3) is 11.2 Å². The number of rotatable bonds is 4.